The van der Waals surface area contributed by atoms with E-state index >= 15 is 0 Å². The van der Waals surface area contributed by atoms with E-state index in [0.29, 0.717) is 0 Å². The molecule has 0 amide bonds. The van der Waals surface area contributed by atoms with Gasteiger partial charge in [0.1, 0.15) is 0 Å². The molecule has 104 valence electrons. The molecule has 0 fully saturated rings. The van der Waals surface area contributed by atoms with Crippen molar-refractivity contribution in [2.24, 2.45) is 0 Å². The summed E-state index contributed by atoms with van der Waals surface area (Å²) in [5.41, 5.74) is 0. The summed E-state index contributed by atoms with van der Waals surface area (Å²) < 4.78 is 0. The van der Waals surface area contributed by atoms with Gasteiger partial charge in [0.25, 0.3) is 0 Å². The minimum atomic E-state index is -0.931. The molecule has 0 rings (SSSR count). The van der Waals surface area contributed by atoms with Crippen LogP contribution in [0.15, 0.2) is 0 Å². The Hall–Kier alpha value is 1.40. The molecule has 0 aliphatic carbocycles. The van der Waals surface area contributed by atoms with Gasteiger partial charge in [-0.2, -0.15) is 0 Å². The van der Waals surface area contributed by atoms with Gasteiger partial charge in [-0.15, -0.1) is 0 Å². The monoisotopic (exact) mass is 308 g/mol. The molecule has 14 heteroatoms. The average molecular weight is 309 g/mol. The standard InChI is InChI=1S/Ca.2ClH.11H2O/h;2*1H;11*1H2/q+2;;;;;;;;;;;;;/p-2. The molecule has 22 N–H and O–H groups in total. The zero-order valence-electron chi connectivity index (χ0n) is 6.96. The molecule has 11 nitrogen and oxygen atoms in total. The Bertz CT molecular complexity index is 13.2. The molecule has 0 aromatic carbocycles. The van der Waals surface area contributed by atoms with Crippen LogP contribution in [-0.2, 0) is 0 Å². The van der Waals surface area contributed by atoms with Crippen molar-refractivity contribution in [3.8, 4) is 0 Å². The number of halogens is 2. The van der Waals surface area contributed by atoms with Gasteiger partial charge in [-0.25, -0.2) is 0 Å². The fourth-order valence-electron chi connectivity index (χ4n) is 0. The summed E-state index contributed by atoms with van der Waals surface area (Å²) in [6.07, 6.45) is 9.90. The molecule has 0 aromatic rings. The number of hydrogen-bond donors (Lipinski definition) is 0. The zero-order valence-corrected chi connectivity index (χ0v) is 10.7. The normalized spacial score (nSPS) is 0.714. The Morgan fingerprint density at radius 2 is 0.357 bits per heavy atom. The third kappa shape index (κ3) is 1050. The number of hydrogen-bond acceptors (Lipinski definition) is 0. The topological polar surface area (TPSA) is 346 Å². The molecule has 0 aliphatic rings. The van der Waals surface area contributed by atoms with Crippen LogP contribution in [0.2, 0.25) is 0 Å². The van der Waals surface area contributed by atoms with E-state index in [9.17, 15) is 0 Å². The Morgan fingerprint density at radius 1 is 0.357 bits per heavy atom. The third-order valence-electron chi connectivity index (χ3n) is 0. The summed E-state index contributed by atoms with van der Waals surface area (Å²) in [6.45, 7) is 0. The molecule has 0 saturated carbocycles. The Labute approximate surface area is 103 Å². The van der Waals surface area contributed by atoms with Crippen molar-refractivity contribution in [2.45, 2.75) is 0 Å². The Morgan fingerprint density at radius 3 is 0.357 bits per heavy atom. The summed E-state index contributed by atoms with van der Waals surface area (Å²) in [5, 5.41) is 0. The van der Waals surface area contributed by atoms with Crippen molar-refractivity contribution in [1.29, 1.82) is 0 Å². The molecule has 0 aliphatic heterocycles. The maximum absolute atomic E-state index is 4.95. The van der Waals surface area contributed by atoms with Crippen LogP contribution in [-0.4, -0.2) is 91.1 Å². The van der Waals surface area contributed by atoms with E-state index in [-0.39, 0.29) is 60.2 Å². The molecular formula is H22CaCl2O11. The van der Waals surface area contributed by atoms with Crippen LogP contribution in [0.4, 0.5) is 0 Å². The van der Waals surface area contributed by atoms with Crippen molar-refractivity contribution in [3.05, 3.63) is 0 Å². The van der Waals surface area contributed by atoms with E-state index in [1.54, 1.807) is 0 Å². The van der Waals surface area contributed by atoms with Crippen LogP contribution in [0.1, 0.15) is 0 Å². The van der Waals surface area contributed by atoms with E-state index in [0.717, 1.165) is 0 Å². The van der Waals surface area contributed by atoms with Crippen LogP contribution in [0, 0.1) is 0 Å². The molecule has 0 bridgehead atoms. The molecule has 0 aromatic heterocycles. The fourth-order valence-corrected chi connectivity index (χ4v) is 0. The van der Waals surface area contributed by atoms with E-state index in [2.05, 4.69) is 0 Å². The molecule has 0 atom stereocenters. The van der Waals surface area contributed by atoms with Crippen molar-refractivity contribution in [2.75, 3.05) is 0 Å². The van der Waals surface area contributed by atoms with Gasteiger partial charge in [0.05, 0.1) is 0 Å². The van der Waals surface area contributed by atoms with E-state index in [4.69, 9.17) is 12.8 Å². The third-order valence-corrected chi connectivity index (χ3v) is 0. The second-order valence-corrected chi connectivity index (χ2v) is 3.75. The zero-order chi connectivity index (χ0) is 2.71. The van der Waals surface area contributed by atoms with Gasteiger partial charge in [0, 0.05) is 0 Å². The molecule has 0 saturated heterocycles. The quantitative estimate of drug-likeness (QED) is 0.376. The fraction of sp³-hybridized carbons (Fsp3) is 0. The van der Waals surface area contributed by atoms with Crippen molar-refractivity contribution >= 4 is 43.6 Å². The van der Waals surface area contributed by atoms with Crippen LogP contribution >= 0.6 is 12.8 Å². The van der Waals surface area contributed by atoms with Crippen molar-refractivity contribution in [1.82, 2.24) is 0 Å². The van der Waals surface area contributed by atoms with Crippen LogP contribution < -0.4 is 0 Å². The number of rotatable bonds is 0. The van der Waals surface area contributed by atoms with Crippen LogP contribution in [0.5, 0.6) is 0 Å². The SMILES string of the molecule is O.O.O.O.O.O.O.O.O.O.O.[Cl][Ca][Cl]. The summed E-state index contributed by atoms with van der Waals surface area (Å²) in [7, 11) is 0. The van der Waals surface area contributed by atoms with E-state index < -0.39 is 30.8 Å². The van der Waals surface area contributed by atoms with Gasteiger partial charge in [-0.1, -0.05) is 0 Å². The van der Waals surface area contributed by atoms with Crippen molar-refractivity contribution < 1.29 is 60.2 Å². The van der Waals surface area contributed by atoms with E-state index in [1.165, 1.54) is 0 Å². The first-order valence-electron chi connectivity index (χ1n) is 0.535. The van der Waals surface area contributed by atoms with Gasteiger partial charge in [-0.3, -0.25) is 0 Å². The summed E-state index contributed by atoms with van der Waals surface area (Å²) in [5.74, 6) is 0. The summed E-state index contributed by atoms with van der Waals surface area (Å²) >= 11 is -0.931. The molecule has 0 spiro atoms. The van der Waals surface area contributed by atoms with Gasteiger partial charge >= 0.3 is 43.6 Å². The first-order valence-corrected chi connectivity index (χ1v) is 6.61. The molecule has 0 heterocycles. The Balaban J connectivity index is -0.000000000364. The Kier molecular flexibility index (Phi) is 8860. The second kappa shape index (κ2) is 449. The average Bonchev–Trinajstić information content (AvgIpc) is 0.918. The second-order valence-electron chi connectivity index (χ2n) is 0.101. The predicted octanol–water partition coefficient (Wildman–Crippen LogP) is -8.07. The maximum atomic E-state index is 4.95. The van der Waals surface area contributed by atoms with Crippen LogP contribution in [0.3, 0.4) is 0 Å². The molecular weight excluding hydrogens is 287 g/mol. The molecule has 0 radical (unpaired) electrons. The molecule has 14 heavy (non-hydrogen) atoms. The van der Waals surface area contributed by atoms with Gasteiger partial charge in [0.2, 0.25) is 0 Å². The van der Waals surface area contributed by atoms with Crippen LogP contribution in [0.25, 0.3) is 0 Å². The molecule has 0 unspecified atom stereocenters. The van der Waals surface area contributed by atoms with Gasteiger partial charge in [-0.05, 0) is 0 Å². The van der Waals surface area contributed by atoms with Crippen molar-refractivity contribution in [3.63, 3.8) is 0 Å². The first-order chi connectivity index (χ1) is 1.41. The van der Waals surface area contributed by atoms with E-state index in [1.807, 2.05) is 0 Å². The van der Waals surface area contributed by atoms with Gasteiger partial charge < -0.3 is 60.2 Å². The summed E-state index contributed by atoms with van der Waals surface area (Å²) in [6, 6.07) is 0. The minimum absolute atomic E-state index is 0. The summed E-state index contributed by atoms with van der Waals surface area (Å²) in [4.78, 5) is 0. The predicted molar refractivity (Wildman–Crippen MR) is 57.2 cm³/mol. The first kappa shape index (κ1) is 276. The van der Waals surface area contributed by atoms with Gasteiger partial charge in [0.15, 0.2) is 0 Å².